The van der Waals surface area contributed by atoms with Crippen LogP contribution >= 0.6 is 23.2 Å². The fourth-order valence-electron chi connectivity index (χ4n) is 1.03. The molecule has 0 spiro atoms. The van der Waals surface area contributed by atoms with Gasteiger partial charge in [0.2, 0.25) is 0 Å². The van der Waals surface area contributed by atoms with E-state index in [4.69, 9.17) is 28.3 Å². The van der Waals surface area contributed by atoms with E-state index in [1.165, 1.54) is 0 Å². The molecule has 4 heteroatoms. The third kappa shape index (κ3) is 3.74. The van der Waals surface area contributed by atoms with Crippen LogP contribution < -0.4 is 5.32 Å². The number of halogens is 2. The molecule has 0 aliphatic rings. The topological polar surface area (TPSA) is 32.3 Å². The van der Waals surface area contributed by atoms with Crippen molar-refractivity contribution in [2.75, 3.05) is 11.9 Å². The van der Waals surface area contributed by atoms with Gasteiger partial charge in [-0.15, -0.1) is 0 Å². The Morgan fingerprint density at radius 2 is 2.07 bits per heavy atom. The van der Waals surface area contributed by atoms with Crippen LogP contribution in [0.5, 0.6) is 0 Å². The minimum absolute atomic E-state index is 0.287. The fourth-order valence-corrected chi connectivity index (χ4v) is 1.33. The molecule has 14 heavy (non-hydrogen) atoms. The van der Waals surface area contributed by atoms with E-state index in [-0.39, 0.29) is 6.10 Å². The summed E-state index contributed by atoms with van der Waals surface area (Å²) in [6, 6.07) is 5.37. The quantitative estimate of drug-likeness (QED) is 0.838. The molecular weight excluding hydrogens is 221 g/mol. The van der Waals surface area contributed by atoms with Crippen LogP contribution in [-0.4, -0.2) is 17.8 Å². The molecule has 0 fully saturated rings. The van der Waals surface area contributed by atoms with Crippen molar-refractivity contribution in [3.8, 4) is 0 Å². The van der Waals surface area contributed by atoms with Gasteiger partial charge in [0.05, 0.1) is 16.1 Å². The van der Waals surface area contributed by atoms with Gasteiger partial charge in [0.25, 0.3) is 0 Å². The molecule has 0 amide bonds. The van der Waals surface area contributed by atoms with Gasteiger partial charge in [-0.1, -0.05) is 23.2 Å². The maximum absolute atomic E-state index is 9.04. The van der Waals surface area contributed by atoms with Crippen LogP contribution in [0.4, 0.5) is 5.69 Å². The molecule has 78 valence electrons. The molecule has 0 aliphatic heterocycles. The predicted octanol–water partition coefficient (Wildman–Crippen LogP) is 3.18. The smallest absolute Gasteiger partial charge is 0.0612 e. The zero-order valence-corrected chi connectivity index (χ0v) is 9.44. The zero-order chi connectivity index (χ0) is 10.6. The van der Waals surface area contributed by atoms with Crippen LogP contribution in [0.1, 0.15) is 13.3 Å². The summed E-state index contributed by atoms with van der Waals surface area (Å²) in [5.41, 5.74) is 0.917. The number of nitrogens with one attached hydrogen (secondary N) is 1. The minimum Gasteiger partial charge on any atom is -0.393 e. The number of anilines is 1. The summed E-state index contributed by atoms with van der Waals surface area (Å²) in [5, 5.41) is 13.3. The summed E-state index contributed by atoms with van der Waals surface area (Å²) in [7, 11) is 0. The Labute approximate surface area is 93.8 Å². The molecule has 0 bridgehead atoms. The van der Waals surface area contributed by atoms with Gasteiger partial charge >= 0.3 is 0 Å². The van der Waals surface area contributed by atoms with E-state index in [1.807, 2.05) is 6.07 Å². The lowest BCUT2D eigenvalue weighted by Gasteiger charge is -2.08. The van der Waals surface area contributed by atoms with Crippen LogP contribution in [0, 0.1) is 0 Å². The van der Waals surface area contributed by atoms with E-state index in [9.17, 15) is 0 Å². The first-order chi connectivity index (χ1) is 6.59. The van der Waals surface area contributed by atoms with E-state index in [1.54, 1.807) is 19.1 Å². The zero-order valence-electron chi connectivity index (χ0n) is 7.93. The Morgan fingerprint density at radius 1 is 1.36 bits per heavy atom. The van der Waals surface area contributed by atoms with Crippen LogP contribution in [-0.2, 0) is 0 Å². The number of rotatable bonds is 4. The van der Waals surface area contributed by atoms with Crippen molar-refractivity contribution < 1.29 is 5.11 Å². The lowest BCUT2D eigenvalue weighted by molar-refractivity contribution is 0.189. The Bertz CT molecular complexity index is 302. The monoisotopic (exact) mass is 233 g/mol. The van der Waals surface area contributed by atoms with Crippen molar-refractivity contribution in [3.05, 3.63) is 28.2 Å². The van der Waals surface area contributed by atoms with Crippen molar-refractivity contribution >= 4 is 28.9 Å². The molecule has 0 saturated heterocycles. The summed E-state index contributed by atoms with van der Waals surface area (Å²) in [4.78, 5) is 0. The fraction of sp³-hybridized carbons (Fsp3) is 0.400. The van der Waals surface area contributed by atoms with Gasteiger partial charge in [-0.2, -0.15) is 0 Å². The molecule has 0 aromatic heterocycles. The molecule has 1 aromatic rings. The van der Waals surface area contributed by atoms with E-state index >= 15 is 0 Å². The van der Waals surface area contributed by atoms with Crippen LogP contribution in [0.2, 0.25) is 10.0 Å². The predicted molar refractivity (Wildman–Crippen MR) is 61.2 cm³/mol. The summed E-state index contributed by atoms with van der Waals surface area (Å²) in [6.07, 6.45) is 0.422. The average Bonchev–Trinajstić information content (AvgIpc) is 2.10. The standard InChI is InChI=1S/C10H13Cl2NO/c1-7(14)4-5-13-8-2-3-9(11)10(12)6-8/h2-3,6-7,13-14H,4-5H2,1H3. The molecular formula is C10H13Cl2NO. The molecule has 1 unspecified atom stereocenters. The molecule has 0 radical (unpaired) electrons. The van der Waals surface area contributed by atoms with E-state index in [0.29, 0.717) is 16.5 Å². The Hall–Kier alpha value is -0.440. The maximum atomic E-state index is 9.04. The number of hydrogen-bond donors (Lipinski definition) is 2. The van der Waals surface area contributed by atoms with Crippen molar-refractivity contribution in [1.29, 1.82) is 0 Å². The first-order valence-electron chi connectivity index (χ1n) is 4.46. The van der Waals surface area contributed by atoms with Crippen molar-refractivity contribution in [3.63, 3.8) is 0 Å². The summed E-state index contributed by atoms with van der Waals surface area (Å²) in [6.45, 7) is 2.48. The second-order valence-electron chi connectivity index (χ2n) is 3.19. The second kappa shape index (κ2) is 5.44. The van der Waals surface area contributed by atoms with Gasteiger partial charge in [0.15, 0.2) is 0 Å². The average molecular weight is 234 g/mol. The summed E-state index contributed by atoms with van der Waals surface area (Å²) >= 11 is 11.6. The van der Waals surface area contributed by atoms with Gasteiger partial charge in [-0.05, 0) is 31.5 Å². The lowest BCUT2D eigenvalue weighted by atomic mass is 10.2. The molecule has 1 aromatic carbocycles. The number of hydrogen-bond acceptors (Lipinski definition) is 2. The molecule has 0 aliphatic carbocycles. The molecule has 1 rings (SSSR count). The molecule has 2 nitrogen and oxygen atoms in total. The first kappa shape index (κ1) is 11.6. The lowest BCUT2D eigenvalue weighted by Crippen LogP contribution is -2.09. The second-order valence-corrected chi connectivity index (χ2v) is 4.01. The molecule has 0 saturated carbocycles. The van der Waals surface area contributed by atoms with Gasteiger partial charge in [0.1, 0.15) is 0 Å². The van der Waals surface area contributed by atoms with Gasteiger partial charge in [0, 0.05) is 12.2 Å². The SMILES string of the molecule is CC(O)CCNc1ccc(Cl)c(Cl)c1. The van der Waals surface area contributed by atoms with E-state index in [2.05, 4.69) is 5.32 Å². The first-order valence-corrected chi connectivity index (χ1v) is 5.22. The van der Waals surface area contributed by atoms with Crippen molar-refractivity contribution in [2.24, 2.45) is 0 Å². The number of benzene rings is 1. The highest BCUT2D eigenvalue weighted by molar-refractivity contribution is 6.42. The molecule has 0 heterocycles. The highest BCUT2D eigenvalue weighted by Crippen LogP contribution is 2.24. The minimum atomic E-state index is -0.287. The molecule has 1 atom stereocenters. The Morgan fingerprint density at radius 3 is 2.64 bits per heavy atom. The maximum Gasteiger partial charge on any atom is 0.0612 e. The van der Waals surface area contributed by atoms with Gasteiger partial charge in [-0.25, -0.2) is 0 Å². The number of aliphatic hydroxyl groups is 1. The van der Waals surface area contributed by atoms with Crippen molar-refractivity contribution in [2.45, 2.75) is 19.4 Å². The molecule has 2 N–H and O–H groups in total. The van der Waals surface area contributed by atoms with E-state index in [0.717, 1.165) is 12.2 Å². The normalized spacial score (nSPS) is 12.6. The highest BCUT2D eigenvalue weighted by Gasteiger charge is 1.99. The Kier molecular flexibility index (Phi) is 4.52. The largest absolute Gasteiger partial charge is 0.393 e. The summed E-state index contributed by atoms with van der Waals surface area (Å²) < 4.78 is 0. The highest BCUT2D eigenvalue weighted by atomic mass is 35.5. The van der Waals surface area contributed by atoms with Crippen LogP contribution in [0.3, 0.4) is 0 Å². The van der Waals surface area contributed by atoms with Gasteiger partial charge < -0.3 is 10.4 Å². The van der Waals surface area contributed by atoms with E-state index < -0.39 is 0 Å². The third-order valence-corrected chi connectivity index (χ3v) is 2.55. The third-order valence-electron chi connectivity index (χ3n) is 1.81. The van der Waals surface area contributed by atoms with Crippen LogP contribution in [0.25, 0.3) is 0 Å². The van der Waals surface area contributed by atoms with Crippen molar-refractivity contribution in [1.82, 2.24) is 0 Å². The van der Waals surface area contributed by atoms with Gasteiger partial charge in [-0.3, -0.25) is 0 Å². The number of aliphatic hydroxyl groups excluding tert-OH is 1. The Balaban J connectivity index is 2.47. The summed E-state index contributed by atoms with van der Waals surface area (Å²) in [5.74, 6) is 0. The van der Waals surface area contributed by atoms with Crippen LogP contribution in [0.15, 0.2) is 18.2 Å².